The molecule has 1 saturated heterocycles. The predicted molar refractivity (Wildman–Crippen MR) is 55.9 cm³/mol. The molecular formula is C11H22N2. The Kier molecular flexibility index (Phi) is 2.61. The third-order valence-corrected chi connectivity index (χ3v) is 3.20. The third-order valence-electron chi connectivity index (χ3n) is 3.20. The van der Waals surface area contributed by atoms with Gasteiger partial charge in [-0.2, -0.15) is 0 Å². The molecule has 1 aliphatic carbocycles. The lowest BCUT2D eigenvalue weighted by molar-refractivity contribution is 0.151. The second kappa shape index (κ2) is 3.58. The van der Waals surface area contributed by atoms with Gasteiger partial charge in [0.1, 0.15) is 0 Å². The molecule has 0 unspecified atom stereocenters. The lowest BCUT2D eigenvalue weighted by atomic mass is 10.0. The molecule has 76 valence electrons. The molecule has 2 fully saturated rings. The minimum atomic E-state index is 0.335. The van der Waals surface area contributed by atoms with Gasteiger partial charge in [0.2, 0.25) is 0 Å². The van der Waals surface area contributed by atoms with E-state index in [2.05, 4.69) is 24.1 Å². The number of hydrogen-bond donors (Lipinski definition) is 1. The molecule has 13 heavy (non-hydrogen) atoms. The normalized spacial score (nSPS) is 29.1. The highest BCUT2D eigenvalue weighted by molar-refractivity contribution is 4.87. The summed E-state index contributed by atoms with van der Waals surface area (Å²) >= 11 is 0. The smallest absolute Gasteiger partial charge is 0.0252 e. The molecule has 1 aliphatic heterocycles. The van der Waals surface area contributed by atoms with Crippen LogP contribution in [0.3, 0.4) is 0 Å². The first-order valence-electron chi connectivity index (χ1n) is 5.63. The number of hydrogen-bond acceptors (Lipinski definition) is 2. The zero-order valence-corrected chi connectivity index (χ0v) is 8.97. The van der Waals surface area contributed by atoms with Gasteiger partial charge in [0.25, 0.3) is 0 Å². The van der Waals surface area contributed by atoms with Crippen LogP contribution in [0.5, 0.6) is 0 Å². The Morgan fingerprint density at radius 1 is 1.38 bits per heavy atom. The third kappa shape index (κ3) is 2.96. The molecule has 2 nitrogen and oxygen atoms in total. The summed E-state index contributed by atoms with van der Waals surface area (Å²) in [6.07, 6.45) is 4.43. The Bertz CT molecular complexity index is 173. The Hall–Kier alpha value is -0.0800. The first-order valence-corrected chi connectivity index (χ1v) is 5.63. The Morgan fingerprint density at radius 2 is 2.15 bits per heavy atom. The van der Waals surface area contributed by atoms with Gasteiger partial charge >= 0.3 is 0 Å². The molecule has 2 heteroatoms. The zero-order valence-electron chi connectivity index (χ0n) is 8.97. The topological polar surface area (TPSA) is 15.3 Å². The first-order chi connectivity index (χ1) is 6.16. The van der Waals surface area contributed by atoms with Crippen LogP contribution in [-0.4, -0.2) is 36.6 Å². The molecule has 0 spiro atoms. The fraction of sp³-hybridized carbons (Fsp3) is 1.00. The summed E-state index contributed by atoms with van der Waals surface area (Å²) in [5.74, 6) is 1.08. The fourth-order valence-corrected chi connectivity index (χ4v) is 2.21. The molecule has 1 saturated carbocycles. The Morgan fingerprint density at radius 3 is 2.77 bits per heavy atom. The molecule has 0 radical (unpaired) electrons. The molecule has 0 amide bonds. The molecule has 2 aliphatic rings. The zero-order chi connectivity index (χ0) is 9.31. The van der Waals surface area contributed by atoms with Crippen molar-refractivity contribution in [1.82, 2.24) is 10.2 Å². The maximum Gasteiger partial charge on any atom is 0.0252 e. The monoisotopic (exact) mass is 182 g/mol. The van der Waals surface area contributed by atoms with Gasteiger partial charge in [-0.05, 0) is 32.7 Å². The van der Waals surface area contributed by atoms with E-state index < -0.39 is 0 Å². The van der Waals surface area contributed by atoms with Crippen molar-refractivity contribution in [2.75, 3.05) is 26.2 Å². The minimum Gasteiger partial charge on any atom is -0.309 e. The van der Waals surface area contributed by atoms with Crippen molar-refractivity contribution in [3.63, 3.8) is 0 Å². The van der Waals surface area contributed by atoms with E-state index in [0.717, 1.165) is 12.5 Å². The highest BCUT2D eigenvalue weighted by Crippen LogP contribution is 2.32. The SMILES string of the molecule is CC1(C)CN(CCC2CC2)CCN1. The second-order valence-corrected chi connectivity index (χ2v) is 5.32. The van der Waals surface area contributed by atoms with E-state index in [9.17, 15) is 0 Å². The van der Waals surface area contributed by atoms with E-state index in [1.807, 2.05) is 0 Å². The summed E-state index contributed by atoms with van der Waals surface area (Å²) in [6, 6.07) is 0. The average Bonchev–Trinajstić information content (AvgIpc) is 2.82. The van der Waals surface area contributed by atoms with Crippen LogP contribution < -0.4 is 5.32 Å². The molecular weight excluding hydrogens is 160 g/mol. The van der Waals surface area contributed by atoms with E-state index in [1.54, 1.807) is 0 Å². The van der Waals surface area contributed by atoms with Crippen LogP contribution in [0.15, 0.2) is 0 Å². The van der Waals surface area contributed by atoms with Gasteiger partial charge in [0, 0.05) is 25.2 Å². The number of rotatable bonds is 3. The fourth-order valence-electron chi connectivity index (χ4n) is 2.21. The molecule has 0 bridgehead atoms. The highest BCUT2D eigenvalue weighted by atomic mass is 15.2. The largest absolute Gasteiger partial charge is 0.309 e. The van der Waals surface area contributed by atoms with Crippen molar-refractivity contribution >= 4 is 0 Å². The molecule has 0 atom stereocenters. The molecule has 0 aromatic carbocycles. The van der Waals surface area contributed by atoms with Crippen LogP contribution >= 0.6 is 0 Å². The van der Waals surface area contributed by atoms with Crippen molar-refractivity contribution in [3.8, 4) is 0 Å². The summed E-state index contributed by atoms with van der Waals surface area (Å²) in [6.45, 7) is 9.57. The van der Waals surface area contributed by atoms with Crippen LogP contribution in [0.1, 0.15) is 33.1 Å². The van der Waals surface area contributed by atoms with Gasteiger partial charge in [-0.1, -0.05) is 12.8 Å². The van der Waals surface area contributed by atoms with Gasteiger partial charge in [-0.15, -0.1) is 0 Å². The van der Waals surface area contributed by atoms with Gasteiger partial charge in [0.15, 0.2) is 0 Å². The van der Waals surface area contributed by atoms with E-state index in [0.29, 0.717) is 5.54 Å². The average molecular weight is 182 g/mol. The summed E-state index contributed by atoms with van der Waals surface area (Å²) in [7, 11) is 0. The van der Waals surface area contributed by atoms with Gasteiger partial charge < -0.3 is 10.2 Å². The molecule has 1 heterocycles. The van der Waals surface area contributed by atoms with E-state index in [4.69, 9.17) is 0 Å². The van der Waals surface area contributed by atoms with Crippen LogP contribution in [0, 0.1) is 5.92 Å². The number of piperazine rings is 1. The molecule has 0 aromatic rings. The standard InChI is InChI=1S/C11H22N2/c1-11(2)9-13(8-6-12-11)7-5-10-3-4-10/h10,12H,3-9H2,1-2H3. The van der Waals surface area contributed by atoms with Crippen molar-refractivity contribution in [2.45, 2.75) is 38.6 Å². The number of nitrogens with zero attached hydrogens (tertiary/aromatic N) is 1. The lowest BCUT2D eigenvalue weighted by Gasteiger charge is -2.39. The van der Waals surface area contributed by atoms with E-state index >= 15 is 0 Å². The molecule has 1 N–H and O–H groups in total. The maximum atomic E-state index is 3.55. The first kappa shape index (κ1) is 9.47. The van der Waals surface area contributed by atoms with Crippen LogP contribution in [0.4, 0.5) is 0 Å². The van der Waals surface area contributed by atoms with Crippen molar-refractivity contribution in [1.29, 1.82) is 0 Å². The predicted octanol–water partition coefficient (Wildman–Crippen LogP) is 1.47. The summed E-state index contributed by atoms with van der Waals surface area (Å²) in [5, 5.41) is 3.55. The van der Waals surface area contributed by atoms with Crippen LogP contribution in [0.2, 0.25) is 0 Å². The Labute approximate surface area is 81.7 Å². The van der Waals surface area contributed by atoms with Crippen LogP contribution in [-0.2, 0) is 0 Å². The quantitative estimate of drug-likeness (QED) is 0.711. The lowest BCUT2D eigenvalue weighted by Crippen LogP contribution is -2.57. The van der Waals surface area contributed by atoms with E-state index in [-0.39, 0.29) is 0 Å². The maximum absolute atomic E-state index is 3.55. The Balaban J connectivity index is 1.71. The minimum absolute atomic E-state index is 0.335. The summed E-state index contributed by atoms with van der Waals surface area (Å²) in [5.41, 5.74) is 0.335. The van der Waals surface area contributed by atoms with E-state index in [1.165, 1.54) is 38.9 Å². The van der Waals surface area contributed by atoms with Gasteiger partial charge in [-0.25, -0.2) is 0 Å². The van der Waals surface area contributed by atoms with Gasteiger partial charge in [-0.3, -0.25) is 0 Å². The van der Waals surface area contributed by atoms with Crippen LogP contribution in [0.25, 0.3) is 0 Å². The highest BCUT2D eigenvalue weighted by Gasteiger charge is 2.27. The van der Waals surface area contributed by atoms with Crippen molar-refractivity contribution < 1.29 is 0 Å². The number of nitrogens with one attached hydrogen (secondary N) is 1. The summed E-state index contributed by atoms with van der Waals surface area (Å²) < 4.78 is 0. The molecule has 0 aromatic heterocycles. The van der Waals surface area contributed by atoms with Crippen molar-refractivity contribution in [2.24, 2.45) is 5.92 Å². The second-order valence-electron chi connectivity index (χ2n) is 5.32. The summed E-state index contributed by atoms with van der Waals surface area (Å²) in [4.78, 5) is 2.62. The molecule has 2 rings (SSSR count). The van der Waals surface area contributed by atoms with Gasteiger partial charge in [0.05, 0.1) is 0 Å². The van der Waals surface area contributed by atoms with Crippen molar-refractivity contribution in [3.05, 3.63) is 0 Å².